The van der Waals surface area contributed by atoms with Gasteiger partial charge >= 0.3 is 0 Å². The predicted octanol–water partition coefficient (Wildman–Crippen LogP) is 3.65. The zero-order chi connectivity index (χ0) is 15.0. The summed E-state index contributed by atoms with van der Waals surface area (Å²) in [7, 11) is 0. The Bertz CT molecular complexity index is 647. The molecule has 2 unspecified atom stereocenters. The van der Waals surface area contributed by atoms with E-state index in [9.17, 15) is 8.78 Å². The lowest BCUT2D eigenvalue weighted by Crippen LogP contribution is -2.41. The van der Waals surface area contributed by atoms with Gasteiger partial charge in [0.25, 0.3) is 0 Å². The summed E-state index contributed by atoms with van der Waals surface area (Å²) in [4.78, 5) is 4.47. The summed E-state index contributed by atoms with van der Waals surface area (Å²) in [6.45, 7) is 1.83. The molecule has 4 heteroatoms. The van der Waals surface area contributed by atoms with Crippen LogP contribution in [0.4, 0.5) is 8.78 Å². The van der Waals surface area contributed by atoms with Crippen molar-refractivity contribution in [1.29, 1.82) is 0 Å². The monoisotopic (exact) mass is 288 g/mol. The number of halogens is 2. The van der Waals surface area contributed by atoms with Crippen molar-refractivity contribution < 1.29 is 8.78 Å². The van der Waals surface area contributed by atoms with Crippen LogP contribution in [0.3, 0.4) is 0 Å². The molecule has 1 heterocycles. The van der Waals surface area contributed by atoms with E-state index in [1.165, 1.54) is 17.7 Å². The number of nitrogens with two attached hydrogens (primary N) is 1. The Labute approximate surface area is 123 Å². The van der Waals surface area contributed by atoms with E-state index in [-0.39, 0.29) is 5.92 Å². The quantitative estimate of drug-likeness (QED) is 0.916. The van der Waals surface area contributed by atoms with Gasteiger partial charge in [-0.15, -0.1) is 0 Å². The summed E-state index contributed by atoms with van der Waals surface area (Å²) in [6, 6.07) is 7.47. The molecule has 0 bridgehead atoms. The Kier molecular flexibility index (Phi) is 3.49. The molecule has 0 radical (unpaired) electrons. The van der Waals surface area contributed by atoms with Gasteiger partial charge in [0.15, 0.2) is 0 Å². The molecule has 0 aliphatic heterocycles. The molecule has 2 atom stereocenters. The van der Waals surface area contributed by atoms with Crippen LogP contribution in [0.1, 0.15) is 42.5 Å². The largest absolute Gasteiger partial charge is 0.321 e. The lowest BCUT2D eigenvalue weighted by Gasteiger charge is -2.37. The van der Waals surface area contributed by atoms with E-state index in [0.29, 0.717) is 5.56 Å². The molecule has 2 nitrogen and oxygen atoms in total. The molecule has 1 aromatic heterocycles. The predicted molar refractivity (Wildman–Crippen MR) is 77.8 cm³/mol. The maximum absolute atomic E-state index is 13.5. The van der Waals surface area contributed by atoms with Crippen molar-refractivity contribution in [3.8, 4) is 0 Å². The highest BCUT2D eigenvalue weighted by Crippen LogP contribution is 2.41. The highest BCUT2D eigenvalue weighted by molar-refractivity contribution is 5.35. The van der Waals surface area contributed by atoms with E-state index in [4.69, 9.17) is 5.73 Å². The second kappa shape index (κ2) is 5.19. The van der Waals surface area contributed by atoms with E-state index < -0.39 is 17.2 Å². The molecule has 0 amide bonds. The van der Waals surface area contributed by atoms with Crippen LogP contribution in [0.2, 0.25) is 0 Å². The molecular formula is C17H18F2N2. The summed E-state index contributed by atoms with van der Waals surface area (Å²) in [5, 5.41) is 0. The molecule has 1 aliphatic carbocycles. The first-order chi connectivity index (χ1) is 9.98. The molecule has 0 fully saturated rings. The number of nitrogens with zero attached hydrogens (tertiary/aromatic N) is 1. The standard InChI is InChI=1S/C17H18F2N2/c1-17(20,12-8-13(18)10-14(19)9-12)15-6-2-4-11-5-3-7-21-16(11)15/h3,5,7-10,15H,2,4,6,20H2,1H3. The van der Waals surface area contributed by atoms with Gasteiger partial charge in [0.05, 0.1) is 0 Å². The Hall–Kier alpha value is -1.81. The summed E-state index contributed by atoms with van der Waals surface area (Å²) < 4.78 is 27.0. The number of hydrogen-bond acceptors (Lipinski definition) is 2. The van der Waals surface area contributed by atoms with Crippen LogP contribution in [0.25, 0.3) is 0 Å². The Morgan fingerprint density at radius 1 is 1.24 bits per heavy atom. The van der Waals surface area contributed by atoms with Crippen LogP contribution in [-0.4, -0.2) is 4.98 Å². The van der Waals surface area contributed by atoms with Crippen molar-refractivity contribution in [2.75, 3.05) is 0 Å². The molecule has 2 aromatic rings. The van der Waals surface area contributed by atoms with E-state index in [1.54, 1.807) is 6.20 Å². The second-order valence-corrected chi connectivity index (χ2v) is 5.93. The van der Waals surface area contributed by atoms with E-state index in [2.05, 4.69) is 11.1 Å². The van der Waals surface area contributed by atoms with E-state index in [0.717, 1.165) is 31.0 Å². The van der Waals surface area contributed by atoms with Crippen molar-refractivity contribution >= 4 is 0 Å². The highest BCUT2D eigenvalue weighted by Gasteiger charge is 2.37. The summed E-state index contributed by atoms with van der Waals surface area (Å²) in [6.07, 6.45) is 4.61. The Morgan fingerprint density at radius 2 is 1.95 bits per heavy atom. The third-order valence-electron chi connectivity index (χ3n) is 4.40. The minimum atomic E-state index is -0.855. The van der Waals surface area contributed by atoms with Crippen LogP contribution >= 0.6 is 0 Å². The van der Waals surface area contributed by atoms with Gasteiger partial charge in [-0.1, -0.05) is 6.07 Å². The molecule has 0 saturated carbocycles. The SMILES string of the molecule is CC(N)(c1cc(F)cc(F)c1)C1CCCc2cccnc21. The third-order valence-corrected chi connectivity index (χ3v) is 4.40. The molecule has 21 heavy (non-hydrogen) atoms. The molecule has 0 saturated heterocycles. The lowest BCUT2D eigenvalue weighted by molar-refractivity contribution is 0.338. The normalized spacial score (nSPS) is 20.7. The number of rotatable bonds is 2. The maximum atomic E-state index is 13.5. The number of aromatic nitrogens is 1. The molecule has 110 valence electrons. The third kappa shape index (κ3) is 2.56. The van der Waals surface area contributed by atoms with Crippen LogP contribution in [0.5, 0.6) is 0 Å². The van der Waals surface area contributed by atoms with E-state index in [1.807, 2.05) is 13.0 Å². The van der Waals surface area contributed by atoms with Gasteiger partial charge in [-0.05, 0) is 55.5 Å². The van der Waals surface area contributed by atoms with Gasteiger partial charge in [0, 0.05) is 29.4 Å². The van der Waals surface area contributed by atoms with Gasteiger partial charge in [-0.3, -0.25) is 4.98 Å². The van der Waals surface area contributed by atoms with Crippen molar-refractivity contribution in [2.45, 2.75) is 37.6 Å². The van der Waals surface area contributed by atoms with Crippen molar-refractivity contribution in [1.82, 2.24) is 4.98 Å². The fraction of sp³-hybridized carbons (Fsp3) is 0.353. The number of fused-ring (bicyclic) bond motifs is 1. The number of hydrogen-bond donors (Lipinski definition) is 1. The smallest absolute Gasteiger partial charge is 0.126 e. The fourth-order valence-corrected chi connectivity index (χ4v) is 3.26. The molecule has 2 N–H and O–H groups in total. The van der Waals surface area contributed by atoms with Crippen molar-refractivity contribution in [3.05, 3.63) is 65.0 Å². The first kappa shape index (κ1) is 14.1. The van der Waals surface area contributed by atoms with Crippen molar-refractivity contribution in [2.24, 2.45) is 5.73 Å². The van der Waals surface area contributed by atoms with Crippen LogP contribution in [0, 0.1) is 11.6 Å². The van der Waals surface area contributed by atoms with Crippen molar-refractivity contribution in [3.63, 3.8) is 0 Å². The summed E-state index contributed by atoms with van der Waals surface area (Å²) in [5.74, 6) is -1.24. The fourth-order valence-electron chi connectivity index (χ4n) is 3.26. The Balaban J connectivity index is 2.06. The van der Waals surface area contributed by atoms with E-state index >= 15 is 0 Å². The molecular weight excluding hydrogens is 270 g/mol. The van der Waals surface area contributed by atoms with Crippen LogP contribution in [0.15, 0.2) is 36.5 Å². The maximum Gasteiger partial charge on any atom is 0.126 e. The first-order valence-corrected chi connectivity index (χ1v) is 7.17. The molecule has 3 rings (SSSR count). The average Bonchev–Trinajstić information content (AvgIpc) is 2.45. The van der Waals surface area contributed by atoms with Gasteiger partial charge in [-0.2, -0.15) is 0 Å². The van der Waals surface area contributed by atoms with Gasteiger partial charge in [0.2, 0.25) is 0 Å². The number of aryl methyl sites for hydroxylation is 1. The molecule has 0 spiro atoms. The van der Waals surface area contributed by atoms with Gasteiger partial charge in [-0.25, -0.2) is 8.78 Å². The zero-order valence-corrected chi connectivity index (χ0v) is 11.9. The first-order valence-electron chi connectivity index (χ1n) is 7.17. The topological polar surface area (TPSA) is 38.9 Å². The average molecular weight is 288 g/mol. The number of pyridine rings is 1. The molecule has 1 aromatic carbocycles. The minimum Gasteiger partial charge on any atom is -0.321 e. The summed E-state index contributed by atoms with van der Waals surface area (Å²) >= 11 is 0. The van der Waals surface area contributed by atoms with Crippen LogP contribution < -0.4 is 5.73 Å². The number of benzene rings is 1. The minimum absolute atomic E-state index is 0.0383. The Morgan fingerprint density at radius 3 is 2.67 bits per heavy atom. The molecule has 1 aliphatic rings. The lowest BCUT2D eigenvalue weighted by atomic mass is 9.72. The van der Waals surface area contributed by atoms with Crippen LogP contribution in [-0.2, 0) is 12.0 Å². The summed E-state index contributed by atoms with van der Waals surface area (Å²) in [5.41, 5.74) is 8.25. The highest BCUT2D eigenvalue weighted by atomic mass is 19.1. The van der Waals surface area contributed by atoms with Gasteiger partial charge in [0.1, 0.15) is 11.6 Å². The second-order valence-electron chi connectivity index (χ2n) is 5.93. The zero-order valence-electron chi connectivity index (χ0n) is 11.9. The van der Waals surface area contributed by atoms with Gasteiger partial charge < -0.3 is 5.73 Å².